The number of benzene rings is 1. The average molecular weight is 551 g/mol. The number of pyridine rings is 1. The molecule has 40 heavy (non-hydrogen) atoms. The zero-order chi connectivity index (χ0) is 28.5. The smallest absolute Gasteiger partial charge is 0.481 e. The summed E-state index contributed by atoms with van der Waals surface area (Å²) in [5, 5.41) is 17.6. The number of nitrogens with one attached hydrogen (secondary N) is 1. The van der Waals surface area contributed by atoms with Crippen LogP contribution >= 0.6 is 0 Å². The highest BCUT2D eigenvalue weighted by Crippen LogP contribution is 2.21. The molecule has 1 saturated heterocycles. The van der Waals surface area contributed by atoms with Gasteiger partial charge in [0.05, 0.1) is 31.1 Å². The van der Waals surface area contributed by atoms with Gasteiger partial charge >= 0.3 is 12.1 Å². The normalized spacial score (nSPS) is 14.3. The van der Waals surface area contributed by atoms with Crippen LogP contribution in [0.1, 0.15) is 30.3 Å². The van der Waals surface area contributed by atoms with Crippen molar-refractivity contribution in [3.05, 3.63) is 66.6 Å². The van der Waals surface area contributed by atoms with Crippen molar-refractivity contribution in [3.8, 4) is 16.9 Å². The maximum atomic E-state index is 13.4. The second kappa shape index (κ2) is 13.3. The molecule has 2 N–H and O–H groups in total. The molecule has 0 bridgehead atoms. The van der Waals surface area contributed by atoms with Crippen molar-refractivity contribution in [2.45, 2.75) is 25.8 Å². The Morgan fingerprint density at radius 2 is 1.80 bits per heavy atom. The first-order valence-electron chi connectivity index (χ1n) is 12.8. The molecule has 1 aromatic carbocycles. The summed E-state index contributed by atoms with van der Waals surface area (Å²) in [6.45, 7) is 2.73. The molecule has 0 saturated carbocycles. The molecule has 4 rings (SSSR count). The molecule has 0 unspecified atom stereocenters. The van der Waals surface area contributed by atoms with E-state index >= 15 is 0 Å². The maximum absolute atomic E-state index is 13.4. The Bertz CT molecular complexity index is 1320. The van der Waals surface area contributed by atoms with Crippen LogP contribution in [0.5, 0.6) is 0 Å². The van der Waals surface area contributed by atoms with Crippen LogP contribution in [0.4, 0.5) is 4.79 Å². The summed E-state index contributed by atoms with van der Waals surface area (Å²) >= 11 is 0. The number of hydroxylamine groups is 2. The van der Waals surface area contributed by atoms with Gasteiger partial charge in [-0.3, -0.25) is 14.4 Å². The first kappa shape index (κ1) is 28.2. The summed E-state index contributed by atoms with van der Waals surface area (Å²) in [6.07, 6.45) is 2.09. The standard InChI is InChI=1S/C27H30N6O7/c1-2-39-27(38)40-32-15-13-31(14-16-32)26(37)21(9-10-24(34)35)30-25(36)23-18-20(33-12-6-11-28-33)17-22(29-23)19-7-4-3-5-8-19/h3-8,11-12,17-18,21H,2,9-10,13-16H2,1H3,(H,30,36)(H,34,35)/t21-/m0/s1. The summed E-state index contributed by atoms with van der Waals surface area (Å²) in [6, 6.07) is 13.3. The fourth-order valence-electron chi connectivity index (χ4n) is 4.17. The number of piperazine rings is 1. The Morgan fingerprint density at radius 3 is 2.45 bits per heavy atom. The van der Waals surface area contributed by atoms with E-state index in [2.05, 4.69) is 15.4 Å². The van der Waals surface area contributed by atoms with Gasteiger partial charge in [-0.1, -0.05) is 30.3 Å². The molecule has 1 fully saturated rings. The van der Waals surface area contributed by atoms with E-state index in [-0.39, 0.29) is 51.3 Å². The Hall–Kier alpha value is -4.78. The van der Waals surface area contributed by atoms with Gasteiger partial charge in [-0.15, -0.1) is 5.06 Å². The van der Waals surface area contributed by atoms with Gasteiger partial charge in [0.1, 0.15) is 11.7 Å². The largest absolute Gasteiger partial charge is 0.527 e. The molecule has 0 radical (unpaired) electrons. The van der Waals surface area contributed by atoms with Crippen molar-refractivity contribution in [2.75, 3.05) is 32.8 Å². The number of rotatable bonds is 10. The average Bonchev–Trinajstić information content (AvgIpc) is 3.51. The molecule has 210 valence electrons. The number of aliphatic carboxylic acids is 1. The maximum Gasteiger partial charge on any atom is 0.527 e. The number of carboxylic acids is 1. The number of carbonyl (C=O) groups excluding carboxylic acids is 3. The summed E-state index contributed by atoms with van der Waals surface area (Å²) in [4.78, 5) is 60.8. The second-order valence-corrected chi connectivity index (χ2v) is 8.90. The highest BCUT2D eigenvalue weighted by atomic mass is 16.8. The number of hydrogen-bond donors (Lipinski definition) is 2. The van der Waals surface area contributed by atoms with E-state index in [4.69, 9.17) is 9.57 Å². The first-order valence-corrected chi connectivity index (χ1v) is 12.8. The van der Waals surface area contributed by atoms with Crippen LogP contribution < -0.4 is 5.32 Å². The number of aromatic nitrogens is 3. The number of carboxylic acid groups (broad SMARTS) is 1. The van der Waals surface area contributed by atoms with Gasteiger partial charge in [-0.05, 0) is 31.5 Å². The minimum atomic E-state index is -1.10. The topological polar surface area (TPSA) is 156 Å². The number of carbonyl (C=O) groups is 4. The van der Waals surface area contributed by atoms with Gasteiger partial charge < -0.3 is 24.9 Å². The molecule has 1 aliphatic heterocycles. The molecular weight excluding hydrogens is 520 g/mol. The van der Waals surface area contributed by atoms with Crippen molar-refractivity contribution < 1.29 is 33.9 Å². The van der Waals surface area contributed by atoms with E-state index in [9.17, 15) is 24.3 Å². The molecule has 1 atom stereocenters. The third-order valence-electron chi connectivity index (χ3n) is 6.15. The number of nitrogens with zero attached hydrogens (tertiary/aromatic N) is 5. The van der Waals surface area contributed by atoms with Gasteiger partial charge in [0.15, 0.2) is 0 Å². The molecule has 2 aromatic heterocycles. The van der Waals surface area contributed by atoms with E-state index in [0.717, 1.165) is 5.56 Å². The van der Waals surface area contributed by atoms with Crippen molar-refractivity contribution in [2.24, 2.45) is 0 Å². The quantitative estimate of drug-likeness (QED) is 0.359. The van der Waals surface area contributed by atoms with Gasteiger partial charge in [0, 0.05) is 37.5 Å². The molecular formula is C27H30N6O7. The van der Waals surface area contributed by atoms with E-state index in [1.54, 1.807) is 42.2 Å². The number of ether oxygens (including phenoxy) is 1. The number of hydrogen-bond acceptors (Lipinski definition) is 9. The van der Waals surface area contributed by atoms with Gasteiger partial charge in [-0.2, -0.15) is 5.10 Å². The van der Waals surface area contributed by atoms with Crippen LogP contribution in [0.15, 0.2) is 60.9 Å². The van der Waals surface area contributed by atoms with Crippen LogP contribution in [0.2, 0.25) is 0 Å². The van der Waals surface area contributed by atoms with Crippen LogP contribution in [0.3, 0.4) is 0 Å². The molecule has 1 aliphatic rings. The molecule has 0 aliphatic carbocycles. The fourth-order valence-corrected chi connectivity index (χ4v) is 4.17. The molecule has 0 spiro atoms. The summed E-state index contributed by atoms with van der Waals surface area (Å²) in [7, 11) is 0. The summed E-state index contributed by atoms with van der Waals surface area (Å²) in [5.41, 5.74) is 1.96. The Kier molecular flexibility index (Phi) is 9.41. The predicted octanol–water partition coefficient (Wildman–Crippen LogP) is 2.13. The lowest BCUT2D eigenvalue weighted by atomic mass is 10.1. The SMILES string of the molecule is CCOC(=O)ON1CCN(C(=O)[C@H](CCC(=O)O)NC(=O)c2cc(-n3cccn3)cc(-c3ccccc3)n2)CC1. The molecule has 13 nitrogen and oxygen atoms in total. The van der Waals surface area contributed by atoms with E-state index < -0.39 is 30.0 Å². The Morgan fingerprint density at radius 1 is 1.05 bits per heavy atom. The minimum absolute atomic E-state index is 0.0487. The molecule has 2 amide bonds. The van der Waals surface area contributed by atoms with Crippen molar-refractivity contribution in [1.29, 1.82) is 0 Å². The third-order valence-corrected chi connectivity index (χ3v) is 6.15. The zero-order valence-corrected chi connectivity index (χ0v) is 21.9. The lowest BCUT2D eigenvalue weighted by Gasteiger charge is -2.35. The van der Waals surface area contributed by atoms with Crippen LogP contribution in [-0.2, 0) is 19.2 Å². The molecule has 3 heterocycles. The first-order chi connectivity index (χ1) is 19.3. The van der Waals surface area contributed by atoms with Crippen LogP contribution in [-0.4, -0.2) is 92.6 Å². The number of amides is 2. The van der Waals surface area contributed by atoms with Gasteiger partial charge in [0.25, 0.3) is 5.91 Å². The lowest BCUT2D eigenvalue weighted by molar-refractivity contribution is -0.157. The van der Waals surface area contributed by atoms with E-state index in [1.807, 2.05) is 30.3 Å². The highest BCUT2D eigenvalue weighted by Gasteiger charge is 2.31. The minimum Gasteiger partial charge on any atom is -0.481 e. The van der Waals surface area contributed by atoms with Crippen molar-refractivity contribution in [1.82, 2.24) is 30.0 Å². The van der Waals surface area contributed by atoms with Crippen molar-refractivity contribution in [3.63, 3.8) is 0 Å². The van der Waals surface area contributed by atoms with Crippen LogP contribution in [0.25, 0.3) is 16.9 Å². The lowest BCUT2D eigenvalue weighted by Crippen LogP contribution is -2.55. The monoisotopic (exact) mass is 550 g/mol. The summed E-state index contributed by atoms with van der Waals surface area (Å²) in [5.74, 6) is -2.15. The molecule has 3 aromatic rings. The molecule has 13 heteroatoms. The van der Waals surface area contributed by atoms with E-state index in [0.29, 0.717) is 11.4 Å². The van der Waals surface area contributed by atoms with Gasteiger partial charge in [-0.25, -0.2) is 14.5 Å². The predicted molar refractivity (Wildman–Crippen MR) is 141 cm³/mol. The Balaban J connectivity index is 1.52. The van der Waals surface area contributed by atoms with Gasteiger partial charge in [0.2, 0.25) is 5.91 Å². The second-order valence-electron chi connectivity index (χ2n) is 8.90. The van der Waals surface area contributed by atoms with Crippen LogP contribution in [0, 0.1) is 0 Å². The highest BCUT2D eigenvalue weighted by molar-refractivity contribution is 5.97. The van der Waals surface area contributed by atoms with Crippen molar-refractivity contribution >= 4 is 23.9 Å². The summed E-state index contributed by atoms with van der Waals surface area (Å²) < 4.78 is 6.36. The Labute approximate surface area is 230 Å². The third kappa shape index (κ3) is 7.41. The van der Waals surface area contributed by atoms with E-state index in [1.165, 1.54) is 9.96 Å². The zero-order valence-electron chi connectivity index (χ0n) is 21.9. The fraction of sp³-hybridized carbons (Fsp3) is 0.333.